The SMILES string of the molecule is CCOCC(=O)N1CCC(c2cc(C(C)C)n[nH]2)CC1. The summed E-state index contributed by atoms with van der Waals surface area (Å²) in [5, 5.41) is 7.52. The zero-order valence-corrected chi connectivity index (χ0v) is 12.7. The maximum absolute atomic E-state index is 11.9. The van der Waals surface area contributed by atoms with Gasteiger partial charge >= 0.3 is 0 Å². The Hall–Kier alpha value is -1.36. The van der Waals surface area contributed by atoms with Gasteiger partial charge in [0.05, 0.1) is 5.69 Å². The number of aromatic nitrogens is 2. The van der Waals surface area contributed by atoms with Gasteiger partial charge in [-0.05, 0) is 31.7 Å². The van der Waals surface area contributed by atoms with E-state index >= 15 is 0 Å². The molecule has 112 valence electrons. The molecule has 1 aliphatic rings. The Bertz CT molecular complexity index is 434. The van der Waals surface area contributed by atoms with Gasteiger partial charge in [-0.25, -0.2) is 0 Å². The highest BCUT2D eigenvalue weighted by molar-refractivity contribution is 5.77. The molecule has 1 aromatic rings. The Morgan fingerprint density at radius 3 is 2.75 bits per heavy atom. The number of H-pyrrole nitrogens is 1. The van der Waals surface area contributed by atoms with Gasteiger partial charge in [0.2, 0.25) is 5.91 Å². The largest absolute Gasteiger partial charge is 0.372 e. The molecule has 1 saturated heterocycles. The first-order chi connectivity index (χ1) is 9.61. The minimum Gasteiger partial charge on any atom is -0.372 e. The van der Waals surface area contributed by atoms with Crippen molar-refractivity contribution in [2.24, 2.45) is 0 Å². The van der Waals surface area contributed by atoms with E-state index in [1.807, 2.05) is 11.8 Å². The van der Waals surface area contributed by atoms with Crippen LogP contribution < -0.4 is 0 Å². The number of nitrogens with zero attached hydrogens (tertiary/aromatic N) is 2. The summed E-state index contributed by atoms with van der Waals surface area (Å²) in [6.45, 7) is 8.63. The van der Waals surface area contributed by atoms with Crippen LogP contribution in [0.25, 0.3) is 0 Å². The lowest BCUT2D eigenvalue weighted by atomic mass is 9.93. The van der Waals surface area contributed by atoms with E-state index in [9.17, 15) is 4.79 Å². The third-order valence-electron chi connectivity index (χ3n) is 3.93. The predicted octanol–water partition coefficient (Wildman–Crippen LogP) is 2.28. The molecule has 5 heteroatoms. The summed E-state index contributed by atoms with van der Waals surface area (Å²) in [4.78, 5) is 13.8. The second-order valence-corrected chi connectivity index (χ2v) is 5.70. The second-order valence-electron chi connectivity index (χ2n) is 5.70. The van der Waals surface area contributed by atoms with Crippen molar-refractivity contribution in [2.45, 2.75) is 45.4 Å². The Morgan fingerprint density at radius 1 is 1.50 bits per heavy atom. The molecule has 1 aromatic heterocycles. The number of nitrogens with one attached hydrogen (secondary N) is 1. The molecule has 0 spiro atoms. The molecule has 0 aliphatic carbocycles. The molecule has 1 N–H and O–H groups in total. The van der Waals surface area contributed by atoms with Crippen molar-refractivity contribution in [1.29, 1.82) is 0 Å². The summed E-state index contributed by atoms with van der Waals surface area (Å²) >= 11 is 0. The van der Waals surface area contributed by atoms with Crippen LogP contribution in [0, 0.1) is 0 Å². The van der Waals surface area contributed by atoms with Crippen molar-refractivity contribution in [2.75, 3.05) is 26.3 Å². The van der Waals surface area contributed by atoms with E-state index in [0.717, 1.165) is 31.6 Å². The lowest BCUT2D eigenvalue weighted by Gasteiger charge is -2.31. The van der Waals surface area contributed by atoms with Crippen LogP contribution in [-0.2, 0) is 9.53 Å². The smallest absolute Gasteiger partial charge is 0.248 e. The van der Waals surface area contributed by atoms with Gasteiger partial charge in [-0.3, -0.25) is 9.89 Å². The molecule has 1 amide bonds. The summed E-state index contributed by atoms with van der Waals surface area (Å²) in [7, 11) is 0. The van der Waals surface area contributed by atoms with Gasteiger partial charge < -0.3 is 9.64 Å². The molecule has 0 radical (unpaired) electrons. The maximum atomic E-state index is 11.9. The Morgan fingerprint density at radius 2 is 2.20 bits per heavy atom. The number of likely N-dealkylation sites (tertiary alicyclic amines) is 1. The molecule has 1 fully saturated rings. The number of carbonyl (C=O) groups excluding carboxylic acids is 1. The van der Waals surface area contributed by atoms with Crippen LogP contribution >= 0.6 is 0 Å². The molecule has 0 saturated carbocycles. The zero-order valence-electron chi connectivity index (χ0n) is 12.7. The quantitative estimate of drug-likeness (QED) is 0.899. The number of piperidine rings is 1. The Balaban J connectivity index is 1.85. The number of aromatic amines is 1. The fourth-order valence-corrected chi connectivity index (χ4v) is 2.58. The fraction of sp³-hybridized carbons (Fsp3) is 0.733. The lowest BCUT2D eigenvalue weighted by Crippen LogP contribution is -2.40. The van der Waals surface area contributed by atoms with Gasteiger partial charge in [0, 0.05) is 31.3 Å². The second kappa shape index (κ2) is 6.88. The summed E-state index contributed by atoms with van der Waals surface area (Å²) in [6.07, 6.45) is 2.00. The predicted molar refractivity (Wildman–Crippen MR) is 77.7 cm³/mol. The lowest BCUT2D eigenvalue weighted by molar-refractivity contribution is -0.137. The van der Waals surface area contributed by atoms with Crippen LogP contribution in [0.4, 0.5) is 0 Å². The van der Waals surface area contributed by atoms with Crippen LogP contribution in [0.2, 0.25) is 0 Å². The van der Waals surface area contributed by atoms with Crippen molar-refractivity contribution in [3.63, 3.8) is 0 Å². The normalized spacial score (nSPS) is 16.9. The van der Waals surface area contributed by atoms with Crippen LogP contribution in [0.15, 0.2) is 6.07 Å². The minimum atomic E-state index is 0.109. The van der Waals surface area contributed by atoms with Gasteiger partial charge in [0.25, 0.3) is 0 Å². The third kappa shape index (κ3) is 3.60. The number of ether oxygens (including phenoxy) is 1. The van der Waals surface area contributed by atoms with Gasteiger partial charge in [0.15, 0.2) is 0 Å². The number of carbonyl (C=O) groups is 1. The number of hydrogen-bond donors (Lipinski definition) is 1. The summed E-state index contributed by atoms with van der Waals surface area (Å²) < 4.78 is 5.18. The molecule has 0 bridgehead atoms. The minimum absolute atomic E-state index is 0.109. The van der Waals surface area contributed by atoms with Gasteiger partial charge in [-0.15, -0.1) is 0 Å². The fourth-order valence-electron chi connectivity index (χ4n) is 2.58. The highest BCUT2D eigenvalue weighted by Gasteiger charge is 2.25. The summed E-state index contributed by atoms with van der Waals surface area (Å²) in [5.74, 6) is 1.05. The molecular formula is C15H25N3O2. The molecule has 0 aromatic carbocycles. The number of amides is 1. The molecule has 1 aliphatic heterocycles. The Labute approximate surface area is 120 Å². The van der Waals surface area contributed by atoms with Crippen LogP contribution in [0.3, 0.4) is 0 Å². The maximum Gasteiger partial charge on any atom is 0.248 e. The topological polar surface area (TPSA) is 58.2 Å². The Kier molecular flexibility index (Phi) is 5.17. The third-order valence-corrected chi connectivity index (χ3v) is 3.93. The van der Waals surface area contributed by atoms with Gasteiger partial charge in [-0.2, -0.15) is 5.10 Å². The van der Waals surface area contributed by atoms with Crippen molar-refractivity contribution < 1.29 is 9.53 Å². The van der Waals surface area contributed by atoms with Crippen molar-refractivity contribution >= 4 is 5.91 Å². The van der Waals surface area contributed by atoms with Gasteiger partial charge in [-0.1, -0.05) is 13.8 Å². The number of rotatable bonds is 5. The van der Waals surface area contributed by atoms with E-state index in [4.69, 9.17) is 4.74 Å². The van der Waals surface area contributed by atoms with Crippen molar-refractivity contribution in [1.82, 2.24) is 15.1 Å². The zero-order chi connectivity index (χ0) is 14.5. The first kappa shape index (κ1) is 15.0. The average Bonchev–Trinajstić information content (AvgIpc) is 2.95. The van der Waals surface area contributed by atoms with Crippen molar-refractivity contribution in [3.8, 4) is 0 Å². The first-order valence-electron chi connectivity index (χ1n) is 7.52. The molecule has 2 rings (SSSR count). The molecule has 0 unspecified atom stereocenters. The highest BCUT2D eigenvalue weighted by atomic mass is 16.5. The van der Waals surface area contributed by atoms with E-state index in [-0.39, 0.29) is 12.5 Å². The van der Waals surface area contributed by atoms with Gasteiger partial charge in [0.1, 0.15) is 6.61 Å². The van der Waals surface area contributed by atoms with E-state index < -0.39 is 0 Å². The summed E-state index contributed by atoms with van der Waals surface area (Å²) in [5.41, 5.74) is 2.33. The average molecular weight is 279 g/mol. The molecule has 20 heavy (non-hydrogen) atoms. The number of hydrogen-bond acceptors (Lipinski definition) is 3. The van der Waals surface area contributed by atoms with E-state index in [0.29, 0.717) is 18.4 Å². The van der Waals surface area contributed by atoms with Crippen LogP contribution in [0.5, 0.6) is 0 Å². The first-order valence-corrected chi connectivity index (χ1v) is 7.52. The standard InChI is InChI=1S/C15H25N3O2/c1-4-20-10-15(19)18-7-5-12(6-8-18)14-9-13(11(2)3)16-17-14/h9,11-12H,4-8,10H2,1-3H3,(H,16,17). The van der Waals surface area contributed by atoms with Crippen molar-refractivity contribution in [3.05, 3.63) is 17.5 Å². The summed E-state index contributed by atoms with van der Waals surface area (Å²) in [6, 6.07) is 2.17. The van der Waals surface area contributed by atoms with E-state index in [1.54, 1.807) is 0 Å². The molecule has 2 heterocycles. The van der Waals surface area contributed by atoms with Crippen LogP contribution in [-0.4, -0.2) is 47.3 Å². The van der Waals surface area contributed by atoms with Crippen LogP contribution in [0.1, 0.15) is 56.8 Å². The molecular weight excluding hydrogens is 254 g/mol. The van der Waals surface area contributed by atoms with E-state index in [2.05, 4.69) is 30.1 Å². The highest BCUT2D eigenvalue weighted by Crippen LogP contribution is 2.28. The molecule has 5 nitrogen and oxygen atoms in total. The van der Waals surface area contributed by atoms with E-state index in [1.165, 1.54) is 5.69 Å². The monoisotopic (exact) mass is 279 g/mol. The molecule has 0 atom stereocenters.